The molecule has 7 nitrogen and oxygen atoms in total. The van der Waals surface area contributed by atoms with Crippen molar-refractivity contribution in [3.63, 3.8) is 0 Å². The number of benzene rings is 2. The second-order valence-corrected chi connectivity index (χ2v) is 8.33. The van der Waals surface area contributed by atoms with Crippen molar-refractivity contribution in [2.75, 3.05) is 47.4 Å². The van der Waals surface area contributed by atoms with Gasteiger partial charge in [0.2, 0.25) is 0 Å². The van der Waals surface area contributed by atoms with Gasteiger partial charge in [0.25, 0.3) is 0 Å². The summed E-state index contributed by atoms with van der Waals surface area (Å²) in [6.07, 6.45) is 2.72. The van der Waals surface area contributed by atoms with E-state index in [-0.39, 0.29) is 12.2 Å². The highest BCUT2D eigenvalue weighted by molar-refractivity contribution is 5.63. The monoisotopic (exact) mass is 412 g/mol. The highest BCUT2D eigenvalue weighted by atomic mass is 16.5. The average molecular weight is 413 g/mol. The van der Waals surface area contributed by atoms with E-state index in [1.807, 2.05) is 30.3 Å². The fraction of sp³-hybridized carbons (Fsp3) is 0.478. The summed E-state index contributed by atoms with van der Waals surface area (Å²) in [6.45, 7) is 3.66. The minimum absolute atomic E-state index is 0.198. The average Bonchev–Trinajstić information content (AvgIpc) is 2.75. The molecule has 0 saturated carbocycles. The number of hydrogen-bond donors (Lipinski definition) is 4. The molecule has 7 heteroatoms. The van der Waals surface area contributed by atoms with Crippen LogP contribution in [0.3, 0.4) is 0 Å². The fourth-order valence-corrected chi connectivity index (χ4v) is 4.16. The van der Waals surface area contributed by atoms with E-state index in [9.17, 15) is 10.2 Å². The summed E-state index contributed by atoms with van der Waals surface area (Å²) in [6, 6.07) is 11.8. The third kappa shape index (κ3) is 4.74. The van der Waals surface area contributed by atoms with Crippen molar-refractivity contribution in [1.29, 1.82) is 0 Å². The number of nitrogens with zero attached hydrogens (tertiary/aromatic N) is 2. The summed E-state index contributed by atoms with van der Waals surface area (Å²) in [4.78, 5) is 4.52. The summed E-state index contributed by atoms with van der Waals surface area (Å²) in [7, 11) is 0. The molecule has 0 bridgehead atoms. The third-order valence-electron chi connectivity index (χ3n) is 6.17. The first kappa shape index (κ1) is 20.6. The molecule has 2 saturated heterocycles. The van der Waals surface area contributed by atoms with Gasteiger partial charge < -0.3 is 36.2 Å². The predicted molar refractivity (Wildman–Crippen MR) is 121 cm³/mol. The van der Waals surface area contributed by atoms with Gasteiger partial charge in [0, 0.05) is 54.9 Å². The van der Waals surface area contributed by atoms with Gasteiger partial charge in [-0.3, -0.25) is 0 Å². The Morgan fingerprint density at radius 3 is 1.83 bits per heavy atom. The number of piperidine rings is 2. The van der Waals surface area contributed by atoms with Crippen molar-refractivity contribution in [2.24, 2.45) is 0 Å². The number of nitrogens with two attached hydrogens (primary N) is 2. The van der Waals surface area contributed by atoms with Crippen LogP contribution in [0.1, 0.15) is 31.2 Å². The maximum absolute atomic E-state index is 9.74. The largest absolute Gasteiger partial charge is 0.487 e. The highest BCUT2D eigenvalue weighted by Crippen LogP contribution is 2.31. The molecule has 6 N–H and O–H groups in total. The summed E-state index contributed by atoms with van der Waals surface area (Å²) < 4.78 is 6.08. The number of aliphatic hydroxyl groups excluding tert-OH is 2. The zero-order valence-electron chi connectivity index (χ0n) is 17.3. The molecule has 0 unspecified atom stereocenters. The molecule has 2 aliphatic rings. The second-order valence-electron chi connectivity index (χ2n) is 8.33. The molecule has 0 aliphatic carbocycles. The number of rotatable bonds is 5. The molecular formula is C23H32N4O3. The van der Waals surface area contributed by atoms with Crippen molar-refractivity contribution in [1.82, 2.24) is 0 Å². The van der Waals surface area contributed by atoms with Crippen molar-refractivity contribution >= 4 is 22.7 Å². The van der Waals surface area contributed by atoms with Gasteiger partial charge in [0.15, 0.2) is 0 Å². The molecule has 0 spiro atoms. The first-order valence-corrected chi connectivity index (χ1v) is 10.8. The standard InChI is InChI=1S/C23H32N4O3/c24-21-3-1-17(26-9-5-19(28)6-10-26)13-16(21)15-30-23-14-18(2-4-22(23)25)27-11-7-20(29)8-12-27/h1-4,13-14,19-20,28-29H,5-12,15,24-25H2. The molecular weight excluding hydrogens is 380 g/mol. The molecule has 30 heavy (non-hydrogen) atoms. The summed E-state index contributed by atoms with van der Waals surface area (Å²) >= 11 is 0. The van der Waals surface area contributed by atoms with Crippen LogP contribution in [0.15, 0.2) is 36.4 Å². The van der Waals surface area contributed by atoms with Crippen LogP contribution in [0.4, 0.5) is 22.7 Å². The smallest absolute Gasteiger partial charge is 0.144 e. The van der Waals surface area contributed by atoms with Gasteiger partial charge in [0.05, 0.1) is 17.9 Å². The lowest BCUT2D eigenvalue weighted by Gasteiger charge is -2.32. The fourth-order valence-electron chi connectivity index (χ4n) is 4.16. The van der Waals surface area contributed by atoms with Crippen LogP contribution in [-0.2, 0) is 6.61 Å². The van der Waals surface area contributed by atoms with Crippen LogP contribution in [0.5, 0.6) is 5.75 Å². The quantitative estimate of drug-likeness (QED) is 0.558. The van der Waals surface area contributed by atoms with E-state index in [1.165, 1.54) is 0 Å². The van der Waals surface area contributed by atoms with Gasteiger partial charge in [0.1, 0.15) is 12.4 Å². The summed E-state index contributed by atoms with van der Waals surface area (Å²) in [5, 5.41) is 19.5. The topological polar surface area (TPSA) is 108 Å². The van der Waals surface area contributed by atoms with Gasteiger partial charge in [-0.25, -0.2) is 0 Å². The van der Waals surface area contributed by atoms with E-state index in [4.69, 9.17) is 16.2 Å². The van der Waals surface area contributed by atoms with Crippen LogP contribution in [0.2, 0.25) is 0 Å². The molecule has 2 fully saturated rings. The SMILES string of the molecule is Nc1ccc(N2CCC(O)CC2)cc1COc1cc(N2CCC(O)CC2)ccc1N. The Balaban J connectivity index is 1.45. The van der Waals surface area contributed by atoms with Crippen LogP contribution in [-0.4, -0.2) is 48.6 Å². The molecule has 0 radical (unpaired) electrons. The van der Waals surface area contributed by atoms with Gasteiger partial charge in [-0.2, -0.15) is 0 Å². The number of aliphatic hydroxyl groups is 2. The van der Waals surface area contributed by atoms with E-state index in [2.05, 4.69) is 15.9 Å². The molecule has 0 atom stereocenters. The Kier molecular flexibility index (Phi) is 6.20. The Labute approximate surface area is 177 Å². The molecule has 4 rings (SSSR count). The molecule has 2 heterocycles. The number of anilines is 4. The lowest BCUT2D eigenvalue weighted by Crippen LogP contribution is -2.35. The molecule has 2 aliphatic heterocycles. The first-order valence-electron chi connectivity index (χ1n) is 10.8. The van der Waals surface area contributed by atoms with E-state index in [0.29, 0.717) is 23.7 Å². The molecule has 2 aromatic rings. The third-order valence-corrected chi connectivity index (χ3v) is 6.17. The second kappa shape index (κ2) is 9.02. The maximum atomic E-state index is 9.74. The molecule has 2 aromatic carbocycles. The van der Waals surface area contributed by atoms with Gasteiger partial charge in [-0.1, -0.05) is 0 Å². The Bertz CT molecular complexity index is 788. The minimum atomic E-state index is -0.204. The Hall–Kier alpha value is -2.64. The highest BCUT2D eigenvalue weighted by Gasteiger charge is 2.19. The van der Waals surface area contributed by atoms with Crippen LogP contribution in [0.25, 0.3) is 0 Å². The number of hydrogen-bond acceptors (Lipinski definition) is 7. The van der Waals surface area contributed by atoms with Gasteiger partial charge >= 0.3 is 0 Å². The van der Waals surface area contributed by atoms with E-state index in [1.54, 1.807) is 0 Å². The van der Waals surface area contributed by atoms with Crippen LogP contribution < -0.4 is 26.0 Å². The van der Waals surface area contributed by atoms with Crippen LogP contribution in [0, 0.1) is 0 Å². The van der Waals surface area contributed by atoms with Crippen molar-refractivity contribution < 1.29 is 14.9 Å². The predicted octanol–water partition coefficient (Wildman–Crippen LogP) is 2.35. The zero-order chi connectivity index (χ0) is 21.1. The molecule has 162 valence electrons. The van der Waals surface area contributed by atoms with E-state index >= 15 is 0 Å². The molecule has 0 aromatic heterocycles. The lowest BCUT2D eigenvalue weighted by atomic mass is 10.1. The maximum Gasteiger partial charge on any atom is 0.144 e. The summed E-state index contributed by atoms with van der Waals surface area (Å²) in [5.74, 6) is 0.643. The van der Waals surface area contributed by atoms with Gasteiger partial charge in [-0.15, -0.1) is 0 Å². The molecule has 0 amide bonds. The summed E-state index contributed by atoms with van der Waals surface area (Å²) in [5.41, 5.74) is 16.7. The van der Waals surface area contributed by atoms with Crippen molar-refractivity contribution in [3.8, 4) is 5.75 Å². The normalized spacial score (nSPS) is 18.6. The lowest BCUT2D eigenvalue weighted by molar-refractivity contribution is 0.145. The van der Waals surface area contributed by atoms with E-state index in [0.717, 1.165) is 68.8 Å². The zero-order valence-corrected chi connectivity index (χ0v) is 17.3. The van der Waals surface area contributed by atoms with Crippen LogP contribution >= 0.6 is 0 Å². The Morgan fingerprint density at radius 2 is 1.27 bits per heavy atom. The minimum Gasteiger partial charge on any atom is -0.487 e. The first-order chi connectivity index (χ1) is 14.5. The van der Waals surface area contributed by atoms with Crippen molar-refractivity contribution in [2.45, 2.75) is 44.5 Å². The van der Waals surface area contributed by atoms with Gasteiger partial charge in [-0.05, 0) is 56.0 Å². The van der Waals surface area contributed by atoms with E-state index < -0.39 is 0 Å². The Morgan fingerprint density at radius 1 is 0.767 bits per heavy atom. The number of nitrogen functional groups attached to an aromatic ring is 2. The van der Waals surface area contributed by atoms with Crippen molar-refractivity contribution in [3.05, 3.63) is 42.0 Å². The number of ether oxygens (including phenoxy) is 1.